The zero-order valence-corrected chi connectivity index (χ0v) is 22.6. The predicted octanol–water partition coefficient (Wildman–Crippen LogP) is -3.03. The lowest BCUT2D eigenvalue weighted by Crippen LogP contribution is -2.39. The van der Waals surface area contributed by atoms with E-state index < -0.39 is 97.7 Å². The second-order valence-corrected chi connectivity index (χ2v) is 12.8. The van der Waals surface area contributed by atoms with Crippen molar-refractivity contribution in [2.45, 2.75) is 49.1 Å². The summed E-state index contributed by atoms with van der Waals surface area (Å²) in [5.74, 6) is -0.396. The molecule has 0 aromatic carbocycles. The van der Waals surface area contributed by atoms with Crippen molar-refractivity contribution in [2.24, 2.45) is 0 Å². The van der Waals surface area contributed by atoms with E-state index in [-0.39, 0.29) is 11.2 Å². The van der Waals surface area contributed by atoms with Gasteiger partial charge in [-0.3, -0.25) is 9.09 Å². The second kappa shape index (κ2) is 11.8. The van der Waals surface area contributed by atoms with Gasteiger partial charge >= 0.3 is 29.5 Å². The van der Waals surface area contributed by atoms with Gasteiger partial charge in [-0.15, -0.1) is 0 Å². The summed E-state index contributed by atoms with van der Waals surface area (Å²) in [6, 6.07) is 0. The van der Waals surface area contributed by atoms with Crippen LogP contribution in [0.2, 0.25) is 0 Å². The molecule has 0 saturated carbocycles. The first-order valence-electron chi connectivity index (χ1n) is 11.0. The zero-order chi connectivity index (χ0) is 30.5. The van der Waals surface area contributed by atoms with Gasteiger partial charge in [-0.25, -0.2) is 18.7 Å². The van der Waals surface area contributed by atoms with Crippen molar-refractivity contribution >= 4 is 40.4 Å². The quantitative estimate of drug-likeness (QED) is 0.0857. The highest BCUT2D eigenvalue weighted by Crippen LogP contribution is 2.67. The molecular formula is C15H23FN5O17P3. The van der Waals surface area contributed by atoms with Gasteiger partial charge < -0.3 is 59.9 Å². The molecule has 2 saturated heterocycles. The van der Waals surface area contributed by atoms with Gasteiger partial charge in [0.05, 0.1) is 19.5 Å². The fourth-order valence-corrected chi connectivity index (χ4v) is 7.18. The molecule has 22 nitrogen and oxygen atoms in total. The molecule has 2 aliphatic heterocycles. The molecular weight excluding hydrogens is 634 g/mol. The van der Waals surface area contributed by atoms with E-state index in [1.165, 1.54) is 0 Å². The molecule has 0 spiro atoms. The third-order valence-electron chi connectivity index (χ3n) is 5.60. The van der Waals surface area contributed by atoms with Crippen molar-refractivity contribution in [3.05, 3.63) is 12.4 Å². The minimum absolute atomic E-state index is 0.141. The molecule has 0 aliphatic carbocycles. The number of hydrogen-bond donors (Lipinski definition) is 9. The predicted molar refractivity (Wildman–Crippen MR) is 122 cm³/mol. The summed E-state index contributed by atoms with van der Waals surface area (Å²) < 4.78 is 78.1. The number of hydrogen-bond acceptors (Lipinski definition) is 17. The average molecular weight is 657 g/mol. The number of phosphoric acid groups is 3. The van der Waals surface area contributed by atoms with E-state index in [9.17, 15) is 48.3 Å². The van der Waals surface area contributed by atoms with Gasteiger partial charge in [0, 0.05) is 0 Å². The number of rotatable bonds is 11. The Hall–Kier alpha value is -1.59. The number of phosphoric ester groups is 1. The van der Waals surface area contributed by atoms with Crippen LogP contribution in [0.1, 0.15) is 6.23 Å². The third kappa shape index (κ3) is 7.32. The third-order valence-corrected chi connectivity index (χ3v) is 9.44. The summed E-state index contributed by atoms with van der Waals surface area (Å²) in [5.41, 5.74) is 5.15. The lowest BCUT2D eigenvalue weighted by atomic mass is 10.1. The Morgan fingerprint density at radius 3 is 2.27 bits per heavy atom. The van der Waals surface area contributed by atoms with Crippen molar-refractivity contribution in [3.8, 4) is 0 Å². The van der Waals surface area contributed by atoms with Gasteiger partial charge in [0.15, 0.2) is 29.5 Å². The van der Waals surface area contributed by atoms with Crippen LogP contribution >= 0.6 is 23.5 Å². The van der Waals surface area contributed by atoms with E-state index in [0.717, 1.165) is 10.9 Å². The summed E-state index contributed by atoms with van der Waals surface area (Å²) >= 11 is 0. The van der Waals surface area contributed by atoms with Crippen LogP contribution < -0.4 is 5.73 Å². The number of imidazole rings is 1. The maximum atomic E-state index is 13.8. The Bertz CT molecular complexity index is 1410. The number of anilines is 1. The van der Waals surface area contributed by atoms with Gasteiger partial charge in [-0.05, 0) is 0 Å². The number of fused-ring (bicyclic) bond motifs is 1. The molecule has 0 radical (unpaired) electrons. The van der Waals surface area contributed by atoms with Gasteiger partial charge in [-0.2, -0.15) is 23.0 Å². The van der Waals surface area contributed by atoms with E-state index >= 15 is 0 Å². The highest BCUT2D eigenvalue weighted by atomic mass is 31.3. The maximum Gasteiger partial charge on any atom is 0.490 e. The molecule has 2 aromatic heterocycles. The Morgan fingerprint density at radius 2 is 1.66 bits per heavy atom. The molecule has 0 amide bonds. The van der Waals surface area contributed by atoms with E-state index in [4.69, 9.17) is 34.3 Å². The maximum absolute atomic E-state index is 13.8. The molecule has 2 aliphatic rings. The van der Waals surface area contributed by atoms with Crippen molar-refractivity contribution in [2.75, 3.05) is 18.9 Å². The van der Waals surface area contributed by atoms with Crippen molar-refractivity contribution < 1.29 is 85.4 Å². The summed E-state index contributed by atoms with van der Waals surface area (Å²) in [7, 11) is -17.5. The fourth-order valence-electron chi connectivity index (χ4n) is 3.96. The SMILES string of the molecule is Nc1nc(F)nc2c1ncn2[C@@H]1O[C@H](COC2O[C@H](CO)[C@@H](O)[C@@H]2O)[C@@H](OP(=O)(O)OP(=O)(O)OP(=O)(O)O)[C@H]1O. The zero-order valence-electron chi connectivity index (χ0n) is 19.9. The lowest BCUT2D eigenvalue weighted by Gasteiger charge is -2.25. The van der Waals surface area contributed by atoms with Gasteiger partial charge in [0.2, 0.25) is 0 Å². The molecule has 2 aromatic rings. The summed E-state index contributed by atoms with van der Waals surface area (Å²) in [5, 5.41) is 40.2. The lowest BCUT2D eigenvalue weighted by molar-refractivity contribution is -0.190. The van der Waals surface area contributed by atoms with Crippen LogP contribution in [-0.4, -0.2) is 116 Å². The number of halogens is 1. The number of ether oxygens (including phenoxy) is 3. The van der Waals surface area contributed by atoms with Crippen LogP contribution in [0.5, 0.6) is 0 Å². The highest BCUT2D eigenvalue weighted by molar-refractivity contribution is 7.66. The number of aromatic nitrogens is 4. The van der Waals surface area contributed by atoms with Crippen LogP contribution in [0.25, 0.3) is 11.2 Å². The van der Waals surface area contributed by atoms with Crippen LogP contribution in [0.3, 0.4) is 0 Å². The second-order valence-electron chi connectivity index (χ2n) is 8.46. The Morgan fingerprint density at radius 1 is 0.976 bits per heavy atom. The first-order valence-corrected chi connectivity index (χ1v) is 15.5. The minimum Gasteiger partial charge on any atom is -0.394 e. The van der Waals surface area contributed by atoms with Gasteiger partial charge in [-0.1, -0.05) is 0 Å². The molecule has 26 heteroatoms. The molecule has 41 heavy (non-hydrogen) atoms. The summed E-state index contributed by atoms with van der Waals surface area (Å²) in [6.07, 6.45) is -13.9. The molecule has 0 bridgehead atoms. The summed E-state index contributed by atoms with van der Waals surface area (Å²) in [4.78, 5) is 47.6. The van der Waals surface area contributed by atoms with Crippen LogP contribution in [0, 0.1) is 6.08 Å². The smallest absolute Gasteiger partial charge is 0.394 e. The van der Waals surface area contributed by atoms with Crippen LogP contribution in [0.4, 0.5) is 10.2 Å². The van der Waals surface area contributed by atoms with Gasteiger partial charge in [0.1, 0.15) is 36.6 Å². The molecule has 10 N–H and O–H groups in total. The van der Waals surface area contributed by atoms with Gasteiger partial charge in [0.25, 0.3) is 0 Å². The first-order chi connectivity index (χ1) is 18.9. The van der Waals surface area contributed by atoms with Crippen LogP contribution in [-0.2, 0) is 41.1 Å². The molecule has 4 rings (SSSR count). The van der Waals surface area contributed by atoms with E-state index in [2.05, 4.69) is 23.6 Å². The molecule has 3 unspecified atom stereocenters. The number of nitrogens with zero attached hydrogens (tertiary/aromatic N) is 4. The molecule has 10 atom stereocenters. The molecule has 4 heterocycles. The first kappa shape index (κ1) is 32.3. The standard InChI is InChI=1S/C15H23FN5O17P3/c16-15-19-11(17)6-12(20-15)21(3-18-6)13-9(25)10(36-40(29,30)38-41(31,32)37-39(26,27)28)5(34-13)2-33-14-8(24)7(23)4(1-22)35-14/h3-5,7-10,13-14,22-25H,1-2H2,(H,29,30)(H,31,32)(H2,17,19,20)(H2,26,27,28)/t4-,5-,7-,8+,9-,10-,13-,14?/m1/s1. The highest BCUT2D eigenvalue weighted by Gasteiger charge is 2.52. The van der Waals surface area contributed by atoms with Crippen LogP contribution in [0.15, 0.2) is 6.33 Å². The number of nitrogens with two attached hydrogens (primary N) is 1. The fraction of sp³-hybridized carbons (Fsp3) is 0.667. The van der Waals surface area contributed by atoms with E-state index in [1.807, 2.05) is 0 Å². The monoisotopic (exact) mass is 657 g/mol. The normalized spacial score (nSPS) is 33.7. The number of aliphatic hydroxyl groups is 4. The minimum atomic E-state index is -5.94. The number of nitrogen functional groups attached to an aromatic ring is 1. The largest absolute Gasteiger partial charge is 0.490 e. The van der Waals surface area contributed by atoms with E-state index in [0.29, 0.717) is 0 Å². The number of aliphatic hydroxyl groups excluding tert-OH is 4. The van der Waals surface area contributed by atoms with Crippen molar-refractivity contribution in [1.29, 1.82) is 0 Å². The van der Waals surface area contributed by atoms with Crippen molar-refractivity contribution in [3.63, 3.8) is 0 Å². The Kier molecular flexibility index (Phi) is 9.33. The molecule has 2 fully saturated rings. The van der Waals surface area contributed by atoms with E-state index in [1.54, 1.807) is 0 Å². The average Bonchev–Trinajstić information content (AvgIpc) is 3.45. The van der Waals surface area contributed by atoms with Crippen molar-refractivity contribution in [1.82, 2.24) is 19.5 Å². The topological polar surface area (TPSA) is 338 Å². The Balaban J connectivity index is 1.60. The molecule has 232 valence electrons. The Labute approximate surface area is 226 Å². The summed E-state index contributed by atoms with van der Waals surface area (Å²) in [6.45, 7) is -1.48.